The van der Waals surface area contributed by atoms with Crippen LogP contribution in [0.2, 0.25) is 0 Å². The van der Waals surface area contributed by atoms with E-state index in [0.29, 0.717) is 11.9 Å². The van der Waals surface area contributed by atoms with E-state index in [1.807, 2.05) is 12.3 Å². The molecule has 0 spiro atoms. The maximum atomic E-state index is 5.12. The molecule has 0 radical (unpaired) electrons. The average molecular weight is 364 g/mol. The summed E-state index contributed by atoms with van der Waals surface area (Å²) in [6.07, 6.45) is 4.40. The molecular formula is C15H18BrN5O. The summed E-state index contributed by atoms with van der Waals surface area (Å²) >= 11 is 3.46. The van der Waals surface area contributed by atoms with Crippen LogP contribution in [0.1, 0.15) is 12.0 Å². The van der Waals surface area contributed by atoms with Gasteiger partial charge in [-0.15, -0.1) is 0 Å². The van der Waals surface area contributed by atoms with Gasteiger partial charge in [0.05, 0.1) is 7.11 Å². The molecule has 3 heterocycles. The first-order valence-electron chi connectivity index (χ1n) is 7.15. The lowest BCUT2D eigenvalue weighted by Gasteiger charge is -2.20. The average Bonchev–Trinajstić information content (AvgIpc) is 2.95. The van der Waals surface area contributed by atoms with Crippen molar-refractivity contribution in [3.8, 4) is 5.88 Å². The summed E-state index contributed by atoms with van der Waals surface area (Å²) in [5, 5.41) is 3.44. The largest absolute Gasteiger partial charge is 0.481 e. The summed E-state index contributed by atoms with van der Waals surface area (Å²) < 4.78 is 6.13. The van der Waals surface area contributed by atoms with Gasteiger partial charge in [-0.25, -0.2) is 15.0 Å². The molecule has 2 aromatic rings. The predicted molar refractivity (Wildman–Crippen MR) is 89.5 cm³/mol. The topological polar surface area (TPSA) is 63.2 Å². The number of pyridine rings is 1. The monoisotopic (exact) mass is 363 g/mol. The Morgan fingerprint density at radius 2 is 2.18 bits per heavy atom. The third-order valence-corrected chi connectivity index (χ3v) is 4.14. The highest BCUT2D eigenvalue weighted by Gasteiger charge is 2.24. The van der Waals surface area contributed by atoms with Crippen molar-refractivity contribution < 1.29 is 4.74 Å². The van der Waals surface area contributed by atoms with Gasteiger partial charge in [0.2, 0.25) is 5.88 Å². The van der Waals surface area contributed by atoms with E-state index in [4.69, 9.17) is 4.74 Å². The first kappa shape index (κ1) is 15.0. The molecule has 1 fully saturated rings. The van der Waals surface area contributed by atoms with E-state index < -0.39 is 0 Å². The van der Waals surface area contributed by atoms with Crippen LogP contribution in [0.4, 0.5) is 11.6 Å². The number of hydrogen-bond donors (Lipinski definition) is 1. The highest BCUT2D eigenvalue weighted by molar-refractivity contribution is 9.10. The zero-order valence-corrected chi connectivity index (χ0v) is 14.2. The van der Waals surface area contributed by atoms with Crippen molar-refractivity contribution in [2.75, 3.05) is 30.4 Å². The number of halogens is 1. The van der Waals surface area contributed by atoms with Crippen molar-refractivity contribution in [3.05, 3.63) is 34.7 Å². The highest BCUT2D eigenvalue weighted by atomic mass is 79.9. The maximum absolute atomic E-state index is 5.12. The van der Waals surface area contributed by atoms with Crippen molar-refractivity contribution >= 4 is 27.6 Å². The number of nitrogens with one attached hydrogen (secondary N) is 1. The second-order valence-electron chi connectivity index (χ2n) is 5.32. The standard InChI is InChI=1S/C15H18BrN5O/c1-10-5-11(16)7-17-15(10)21-4-3-12(8-21)20-13-6-14(22-2)19-9-18-13/h5-7,9,12H,3-4,8H2,1-2H3,(H,18,19,20). The summed E-state index contributed by atoms with van der Waals surface area (Å²) in [7, 11) is 1.60. The second-order valence-corrected chi connectivity index (χ2v) is 6.23. The Hall–Kier alpha value is -1.89. The molecule has 0 bridgehead atoms. The molecule has 0 amide bonds. The van der Waals surface area contributed by atoms with Gasteiger partial charge in [-0.05, 0) is 40.9 Å². The fourth-order valence-corrected chi connectivity index (χ4v) is 3.12. The van der Waals surface area contributed by atoms with E-state index in [-0.39, 0.29) is 0 Å². The number of rotatable bonds is 4. The number of methoxy groups -OCH3 is 1. The quantitative estimate of drug-likeness (QED) is 0.900. The van der Waals surface area contributed by atoms with Gasteiger partial charge in [0.25, 0.3) is 0 Å². The molecule has 2 aromatic heterocycles. The van der Waals surface area contributed by atoms with Crippen LogP contribution >= 0.6 is 15.9 Å². The maximum Gasteiger partial charge on any atom is 0.218 e. The van der Waals surface area contributed by atoms with E-state index in [1.54, 1.807) is 7.11 Å². The Labute approximate surface area is 138 Å². The molecule has 6 nitrogen and oxygen atoms in total. The van der Waals surface area contributed by atoms with Crippen LogP contribution in [0.15, 0.2) is 29.1 Å². The van der Waals surface area contributed by atoms with E-state index in [0.717, 1.165) is 35.6 Å². The Morgan fingerprint density at radius 1 is 1.32 bits per heavy atom. The van der Waals surface area contributed by atoms with E-state index >= 15 is 0 Å². The van der Waals surface area contributed by atoms with E-state index in [2.05, 4.69) is 54.1 Å². The van der Waals surface area contributed by atoms with Crippen LogP contribution in [-0.2, 0) is 0 Å². The molecule has 7 heteroatoms. The summed E-state index contributed by atoms with van der Waals surface area (Å²) in [4.78, 5) is 15.1. The van der Waals surface area contributed by atoms with Crippen molar-refractivity contribution in [3.63, 3.8) is 0 Å². The molecule has 22 heavy (non-hydrogen) atoms. The van der Waals surface area contributed by atoms with Crippen molar-refractivity contribution in [2.45, 2.75) is 19.4 Å². The van der Waals surface area contributed by atoms with Crippen molar-refractivity contribution in [2.24, 2.45) is 0 Å². The lowest BCUT2D eigenvalue weighted by atomic mass is 10.2. The smallest absolute Gasteiger partial charge is 0.218 e. The van der Waals surface area contributed by atoms with Gasteiger partial charge in [0.15, 0.2) is 0 Å². The Kier molecular flexibility index (Phi) is 4.42. The summed E-state index contributed by atoms with van der Waals surface area (Å²) in [6, 6.07) is 4.24. The number of ether oxygens (including phenoxy) is 1. The fourth-order valence-electron chi connectivity index (χ4n) is 2.67. The highest BCUT2D eigenvalue weighted by Crippen LogP contribution is 2.25. The summed E-state index contributed by atoms with van der Waals surface area (Å²) in [5.41, 5.74) is 1.18. The minimum absolute atomic E-state index is 0.337. The molecule has 0 aromatic carbocycles. The Bertz CT molecular complexity index is 666. The molecule has 116 valence electrons. The molecule has 0 aliphatic carbocycles. The number of aryl methyl sites for hydroxylation is 1. The minimum Gasteiger partial charge on any atom is -0.481 e. The van der Waals surface area contributed by atoms with Gasteiger partial charge in [-0.3, -0.25) is 0 Å². The van der Waals surface area contributed by atoms with Crippen LogP contribution in [0.25, 0.3) is 0 Å². The molecule has 1 aliphatic rings. The van der Waals surface area contributed by atoms with Gasteiger partial charge in [-0.2, -0.15) is 0 Å². The van der Waals surface area contributed by atoms with E-state index in [1.165, 1.54) is 11.9 Å². The Morgan fingerprint density at radius 3 is 2.95 bits per heavy atom. The van der Waals surface area contributed by atoms with Gasteiger partial charge in [-0.1, -0.05) is 0 Å². The lowest BCUT2D eigenvalue weighted by Crippen LogP contribution is -2.27. The molecule has 1 N–H and O–H groups in total. The van der Waals surface area contributed by atoms with Crippen molar-refractivity contribution in [1.82, 2.24) is 15.0 Å². The summed E-state index contributed by atoms with van der Waals surface area (Å²) in [5.74, 6) is 2.41. The third-order valence-electron chi connectivity index (χ3n) is 3.71. The third kappa shape index (κ3) is 3.30. The number of anilines is 2. The van der Waals surface area contributed by atoms with Crippen molar-refractivity contribution in [1.29, 1.82) is 0 Å². The molecule has 3 rings (SSSR count). The fraction of sp³-hybridized carbons (Fsp3) is 0.400. The first-order valence-corrected chi connectivity index (χ1v) is 7.94. The zero-order chi connectivity index (χ0) is 15.5. The molecule has 1 atom stereocenters. The normalized spacial score (nSPS) is 17.6. The first-order chi connectivity index (χ1) is 10.7. The van der Waals surface area contributed by atoms with Gasteiger partial charge in [0.1, 0.15) is 18.0 Å². The minimum atomic E-state index is 0.337. The number of aromatic nitrogens is 3. The molecule has 1 saturated heterocycles. The van der Waals surface area contributed by atoms with E-state index in [9.17, 15) is 0 Å². The molecule has 1 unspecified atom stereocenters. The lowest BCUT2D eigenvalue weighted by molar-refractivity contribution is 0.397. The van der Waals surface area contributed by atoms with Crippen LogP contribution < -0.4 is 15.0 Å². The van der Waals surface area contributed by atoms with Crippen LogP contribution in [-0.4, -0.2) is 41.2 Å². The molecule has 0 saturated carbocycles. The van der Waals surface area contributed by atoms with Gasteiger partial charge >= 0.3 is 0 Å². The van der Waals surface area contributed by atoms with Gasteiger partial charge < -0.3 is 15.0 Å². The predicted octanol–water partition coefficient (Wildman–Crippen LogP) is 2.64. The van der Waals surface area contributed by atoms with Crippen LogP contribution in [0.3, 0.4) is 0 Å². The molecule has 1 aliphatic heterocycles. The van der Waals surface area contributed by atoms with Gasteiger partial charge in [0, 0.05) is 35.9 Å². The second kappa shape index (κ2) is 6.48. The number of hydrogen-bond acceptors (Lipinski definition) is 6. The van der Waals surface area contributed by atoms with Crippen LogP contribution in [0.5, 0.6) is 5.88 Å². The SMILES string of the molecule is COc1cc(NC2CCN(c3ncc(Br)cc3C)C2)ncn1. The molecular weight excluding hydrogens is 346 g/mol. The summed E-state index contributed by atoms with van der Waals surface area (Å²) in [6.45, 7) is 3.97. The van der Waals surface area contributed by atoms with Crippen LogP contribution in [0, 0.1) is 6.92 Å². The zero-order valence-electron chi connectivity index (χ0n) is 12.6. The number of nitrogens with zero attached hydrogens (tertiary/aromatic N) is 4. The Balaban J connectivity index is 1.67.